The molecule has 2 N–H and O–H groups in total. The van der Waals surface area contributed by atoms with E-state index in [0.717, 1.165) is 37.0 Å². The minimum atomic E-state index is -0.411. The molecule has 0 aliphatic carbocycles. The molecule has 0 saturated carbocycles. The number of rotatable bonds is 3. The van der Waals surface area contributed by atoms with E-state index in [1.807, 2.05) is 12.1 Å². The Morgan fingerprint density at radius 3 is 2.72 bits per heavy atom. The Labute approximate surface area is 169 Å². The zero-order chi connectivity index (χ0) is 19.5. The number of anilines is 1. The summed E-state index contributed by atoms with van der Waals surface area (Å²) in [6, 6.07) is 10.7. The van der Waals surface area contributed by atoms with E-state index >= 15 is 0 Å². The van der Waals surface area contributed by atoms with Gasteiger partial charge in [-0.3, -0.25) is 9.69 Å². The summed E-state index contributed by atoms with van der Waals surface area (Å²) < 4.78 is 11.1. The fraction of sp³-hybridized carbons (Fsp3) is 0.455. The molecule has 1 amide bonds. The van der Waals surface area contributed by atoms with Crippen molar-refractivity contribution in [3.8, 4) is 11.5 Å². The Morgan fingerprint density at radius 1 is 1.07 bits per heavy atom. The fourth-order valence-electron chi connectivity index (χ4n) is 5.85. The topological polar surface area (TPSA) is 80.9 Å². The maximum absolute atomic E-state index is 11.7. The van der Waals surface area contributed by atoms with Gasteiger partial charge in [-0.25, -0.2) is 4.98 Å². The minimum absolute atomic E-state index is 0.291. The molecule has 1 aromatic carbocycles. The number of primary amides is 1. The highest BCUT2D eigenvalue weighted by atomic mass is 16.7. The predicted molar refractivity (Wildman–Crippen MR) is 107 cm³/mol. The van der Waals surface area contributed by atoms with E-state index in [9.17, 15) is 4.79 Å². The maximum Gasteiger partial charge on any atom is 0.248 e. The molecule has 1 aromatic heterocycles. The highest BCUT2D eigenvalue weighted by Gasteiger charge is 2.53. The molecule has 4 saturated heterocycles. The highest BCUT2D eigenvalue weighted by Crippen LogP contribution is 2.48. The van der Waals surface area contributed by atoms with Crippen molar-refractivity contribution in [2.75, 3.05) is 31.3 Å². The van der Waals surface area contributed by atoms with Gasteiger partial charge >= 0.3 is 0 Å². The molecular formula is C22H24N4O3. The first-order chi connectivity index (χ1) is 14.2. The standard InChI is InChI=1S/C22H24N4O3/c23-22(27)15-3-6-24-19(10-15)26-11-16(14-1-2-17-18(9-14)29-12-28-17)21-20(26)13-4-7-25(21)8-5-13/h1-3,6,9-10,13,16,20-21H,4-5,7-8,11-12H2,(H2,23,27)/t16-,20+,21+/m0/s1. The largest absolute Gasteiger partial charge is 0.454 e. The van der Waals surface area contributed by atoms with Gasteiger partial charge in [0.05, 0.1) is 0 Å². The van der Waals surface area contributed by atoms with Crippen molar-refractivity contribution in [3.05, 3.63) is 47.7 Å². The average molecular weight is 392 g/mol. The lowest BCUT2D eigenvalue weighted by Gasteiger charge is -2.51. The van der Waals surface area contributed by atoms with E-state index in [1.54, 1.807) is 12.3 Å². The third-order valence-electron chi connectivity index (χ3n) is 7.14. The molecule has 29 heavy (non-hydrogen) atoms. The van der Waals surface area contributed by atoms with Crippen LogP contribution in [0.15, 0.2) is 36.5 Å². The number of hydrogen-bond acceptors (Lipinski definition) is 6. The third-order valence-corrected chi connectivity index (χ3v) is 7.14. The minimum Gasteiger partial charge on any atom is -0.454 e. The second kappa shape index (κ2) is 6.35. The lowest BCUT2D eigenvalue weighted by atomic mass is 9.75. The van der Waals surface area contributed by atoms with Gasteiger partial charge in [0.25, 0.3) is 0 Å². The summed E-state index contributed by atoms with van der Waals surface area (Å²) in [7, 11) is 0. The molecule has 3 atom stereocenters. The number of piperidine rings is 3. The Bertz CT molecular complexity index is 972. The van der Waals surface area contributed by atoms with Gasteiger partial charge in [0.2, 0.25) is 12.7 Å². The van der Waals surface area contributed by atoms with Crippen LogP contribution in [0.4, 0.5) is 5.82 Å². The van der Waals surface area contributed by atoms with Crippen LogP contribution in [0.2, 0.25) is 0 Å². The zero-order valence-corrected chi connectivity index (χ0v) is 16.2. The number of aromatic nitrogens is 1. The van der Waals surface area contributed by atoms with Crippen LogP contribution in [0.3, 0.4) is 0 Å². The van der Waals surface area contributed by atoms with E-state index in [0.29, 0.717) is 36.3 Å². The normalized spacial score (nSPS) is 31.7. The van der Waals surface area contributed by atoms with Gasteiger partial charge in [-0.05, 0) is 61.7 Å². The van der Waals surface area contributed by atoms with Gasteiger partial charge in [0.15, 0.2) is 11.5 Å². The summed E-state index contributed by atoms with van der Waals surface area (Å²) in [6.45, 7) is 3.49. The number of fused-ring (bicyclic) bond motifs is 3. The van der Waals surface area contributed by atoms with E-state index in [2.05, 4.69) is 26.9 Å². The first kappa shape index (κ1) is 17.1. The first-order valence-electron chi connectivity index (χ1n) is 10.3. The van der Waals surface area contributed by atoms with Crippen molar-refractivity contribution in [1.82, 2.24) is 9.88 Å². The van der Waals surface area contributed by atoms with E-state index in [-0.39, 0.29) is 0 Å². The van der Waals surface area contributed by atoms with E-state index in [4.69, 9.17) is 15.2 Å². The highest BCUT2D eigenvalue weighted by molar-refractivity contribution is 5.93. The van der Waals surface area contributed by atoms with Crippen molar-refractivity contribution in [2.24, 2.45) is 11.7 Å². The first-order valence-corrected chi connectivity index (χ1v) is 10.3. The lowest BCUT2D eigenvalue weighted by Crippen LogP contribution is -2.60. The van der Waals surface area contributed by atoms with Gasteiger partial charge in [-0.15, -0.1) is 0 Å². The van der Waals surface area contributed by atoms with Crippen molar-refractivity contribution >= 4 is 11.7 Å². The smallest absolute Gasteiger partial charge is 0.248 e. The van der Waals surface area contributed by atoms with Crippen LogP contribution in [0.1, 0.15) is 34.7 Å². The summed E-state index contributed by atoms with van der Waals surface area (Å²) in [5.74, 6) is 3.11. The van der Waals surface area contributed by atoms with Crippen LogP contribution in [-0.4, -0.2) is 54.3 Å². The fourth-order valence-corrected chi connectivity index (χ4v) is 5.85. The molecule has 5 aliphatic rings. The van der Waals surface area contributed by atoms with Gasteiger partial charge in [-0.2, -0.15) is 0 Å². The van der Waals surface area contributed by atoms with Gasteiger partial charge in [-0.1, -0.05) is 6.07 Å². The second-order valence-corrected chi connectivity index (χ2v) is 8.49. The van der Waals surface area contributed by atoms with Gasteiger partial charge in [0.1, 0.15) is 5.82 Å². The maximum atomic E-state index is 11.7. The van der Waals surface area contributed by atoms with Gasteiger partial charge in [0, 0.05) is 36.3 Å². The number of carbonyl (C=O) groups excluding carboxylic acids is 1. The van der Waals surface area contributed by atoms with Crippen LogP contribution in [0.25, 0.3) is 0 Å². The number of ether oxygens (including phenoxy) is 2. The third kappa shape index (κ3) is 2.60. The SMILES string of the molecule is NC(=O)c1ccnc(N2C[C@@H](c3ccc4c(c3)OCO4)[C@@H]3[C@H]2C2CCN3CC2)c1. The summed E-state index contributed by atoms with van der Waals surface area (Å²) >= 11 is 0. The molecule has 0 radical (unpaired) electrons. The summed E-state index contributed by atoms with van der Waals surface area (Å²) in [4.78, 5) is 21.4. The molecule has 7 rings (SSSR count). The van der Waals surface area contributed by atoms with E-state index < -0.39 is 5.91 Å². The van der Waals surface area contributed by atoms with Crippen molar-refractivity contribution in [1.29, 1.82) is 0 Å². The number of hydrogen-bond donors (Lipinski definition) is 1. The molecule has 2 aromatic rings. The molecular weight excluding hydrogens is 368 g/mol. The van der Waals surface area contributed by atoms with E-state index in [1.165, 1.54) is 18.4 Å². The Hall–Kier alpha value is -2.80. The van der Waals surface area contributed by atoms with Crippen molar-refractivity contribution < 1.29 is 14.3 Å². The lowest BCUT2D eigenvalue weighted by molar-refractivity contribution is 0.0354. The monoisotopic (exact) mass is 392 g/mol. The Kier molecular flexibility index (Phi) is 3.74. The molecule has 0 spiro atoms. The number of carbonyl (C=O) groups is 1. The van der Waals surface area contributed by atoms with Crippen LogP contribution >= 0.6 is 0 Å². The number of amides is 1. The van der Waals surface area contributed by atoms with Gasteiger partial charge < -0.3 is 20.1 Å². The quantitative estimate of drug-likeness (QED) is 0.860. The molecule has 2 bridgehead atoms. The number of nitrogens with two attached hydrogens (primary N) is 1. The number of pyridine rings is 1. The Balaban J connectivity index is 1.41. The number of nitrogens with zero attached hydrogens (tertiary/aromatic N) is 3. The summed E-state index contributed by atoms with van der Waals surface area (Å²) in [6.07, 6.45) is 4.14. The van der Waals surface area contributed by atoms with Crippen LogP contribution in [0.5, 0.6) is 11.5 Å². The number of benzene rings is 1. The molecule has 150 valence electrons. The zero-order valence-electron chi connectivity index (χ0n) is 16.2. The summed E-state index contributed by atoms with van der Waals surface area (Å²) in [5, 5.41) is 0. The molecule has 7 heteroatoms. The van der Waals surface area contributed by atoms with Crippen LogP contribution < -0.4 is 20.1 Å². The average Bonchev–Trinajstić information content (AvgIpc) is 3.40. The molecule has 5 aliphatic heterocycles. The molecule has 4 fully saturated rings. The van der Waals surface area contributed by atoms with Crippen LogP contribution in [-0.2, 0) is 0 Å². The molecule has 0 unspecified atom stereocenters. The van der Waals surface area contributed by atoms with Crippen molar-refractivity contribution in [3.63, 3.8) is 0 Å². The summed E-state index contributed by atoms with van der Waals surface area (Å²) in [5.41, 5.74) is 7.32. The van der Waals surface area contributed by atoms with Crippen molar-refractivity contribution in [2.45, 2.75) is 30.8 Å². The predicted octanol–water partition coefficient (Wildman–Crippen LogP) is 1.98. The van der Waals surface area contributed by atoms with Crippen LogP contribution in [0, 0.1) is 5.92 Å². The second-order valence-electron chi connectivity index (χ2n) is 8.49. The molecule has 6 heterocycles. The Morgan fingerprint density at radius 2 is 1.90 bits per heavy atom. The molecule has 7 nitrogen and oxygen atoms in total.